The Hall–Kier alpha value is -1.13. The van der Waals surface area contributed by atoms with E-state index >= 15 is 0 Å². The molecule has 1 heterocycles. The van der Waals surface area contributed by atoms with E-state index in [1.807, 2.05) is 17.9 Å². The molecule has 3 rings (SSSR count). The molecular weight excluding hydrogens is 326 g/mol. The molecule has 112 valence electrons. The van der Waals surface area contributed by atoms with Crippen LogP contribution in [-0.4, -0.2) is 15.8 Å². The Morgan fingerprint density at radius 1 is 1.29 bits per heavy atom. The maximum Gasteiger partial charge on any atom is 0.0540 e. The van der Waals surface area contributed by atoms with Crippen LogP contribution in [0.5, 0.6) is 0 Å². The highest BCUT2D eigenvalue weighted by Crippen LogP contribution is 2.38. The van der Waals surface area contributed by atoms with Crippen molar-refractivity contribution in [3.63, 3.8) is 0 Å². The number of nitrogens with one attached hydrogen (secondary N) is 1. The van der Waals surface area contributed by atoms with Crippen LogP contribution in [0.15, 0.2) is 34.9 Å². The van der Waals surface area contributed by atoms with E-state index in [4.69, 9.17) is 0 Å². The number of nitrogens with zero attached hydrogens (tertiary/aromatic N) is 2. The minimum Gasteiger partial charge on any atom is -0.307 e. The van der Waals surface area contributed by atoms with Gasteiger partial charge in [-0.1, -0.05) is 28.1 Å². The molecule has 1 saturated carbocycles. The lowest BCUT2D eigenvalue weighted by atomic mass is 9.75. The Morgan fingerprint density at radius 3 is 2.52 bits per heavy atom. The average Bonchev–Trinajstić information content (AvgIpc) is 2.75. The molecule has 4 heteroatoms. The summed E-state index contributed by atoms with van der Waals surface area (Å²) in [6, 6.07) is 9.73. The Bertz CT molecular complexity index is 611. The Balaban J connectivity index is 1.55. The summed E-state index contributed by atoms with van der Waals surface area (Å²) in [5.74, 6) is 0.706. The molecule has 0 bridgehead atoms. The number of hydrogen-bond donors (Lipinski definition) is 1. The van der Waals surface area contributed by atoms with Crippen molar-refractivity contribution >= 4 is 15.9 Å². The highest BCUT2D eigenvalue weighted by Gasteiger charge is 2.31. The SMILES string of the molecule is Cc1c(C(C)NC2CC(c3ccc(Br)cc3)C2)cnn1C. The summed E-state index contributed by atoms with van der Waals surface area (Å²) < 4.78 is 3.10. The van der Waals surface area contributed by atoms with Crippen molar-refractivity contribution in [2.45, 2.75) is 44.7 Å². The number of rotatable bonds is 4. The van der Waals surface area contributed by atoms with Crippen molar-refractivity contribution in [3.8, 4) is 0 Å². The first kappa shape index (κ1) is 14.8. The third kappa shape index (κ3) is 3.06. The first-order chi connectivity index (χ1) is 10.0. The van der Waals surface area contributed by atoms with E-state index in [9.17, 15) is 0 Å². The van der Waals surface area contributed by atoms with E-state index in [0.717, 1.165) is 4.47 Å². The van der Waals surface area contributed by atoms with Crippen molar-refractivity contribution in [1.82, 2.24) is 15.1 Å². The van der Waals surface area contributed by atoms with E-state index in [1.165, 1.54) is 29.7 Å². The largest absolute Gasteiger partial charge is 0.307 e. The van der Waals surface area contributed by atoms with Crippen molar-refractivity contribution in [1.29, 1.82) is 0 Å². The topological polar surface area (TPSA) is 29.9 Å². The predicted octanol–water partition coefficient (Wildman–Crippen LogP) is 4.09. The molecule has 3 nitrogen and oxygen atoms in total. The number of hydrogen-bond acceptors (Lipinski definition) is 2. The van der Waals surface area contributed by atoms with Gasteiger partial charge in [0, 0.05) is 34.9 Å². The molecule has 1 unspecified atom stereocenters. The first-order valence-electron chi connectivity index (χ1n) is 7.54. The first-order valence-corrected chi connectivity index (χ1v) is 8.34. The van der Waals surface area contributed by atoms with Crippen LogP contribution in [-0.2, 0) is 7.05 Å². The molecule has 1 aromatic carbocycles. The average molecular weight is 348 g/mol. The molecule has 0 aliphatic heterocycles. The second-order valence-electron chi connectivity index (χ2n) is 6.11. The molecule has 0 saturated heterocycles. The molecular formula is C17H22BrN3. The summed E-state index contributed by atoms with van der Waals surface area (Å²) >= 11 is 3.49. The zero-order valence-corrected chi connectivity index (χ0v) is 14.4. The van der Waals surface area contributed by atoms with Gasteiger partial charge in [0.2, 0.25) is 0 Å². The minimum atomic E-state index is 0.370. The minimum absolute atomic E-state index is 0.370. The van der Waals surface area contributed by atoms with Crippen molar-refractivity contribution in [3.05, 3.63) is 51.8 Å². The highest BCUT2D eigenvalue weighted by atomic mass is 79.9. The third-order valence-electron chi connectivity index (χ3n) is 4.70. The molecule has 1 aliphatic carbocycles. The van der Waals surface area contributed by atoms with Crippen LogP contribution < -0.4 is 5.32 Å². The van der Waals surface area contributed by atoms with Gasteiger partial charge in [-0.15, -0.1) is 0 Å². The lowest BCUT2D eigenvalue weighted by molar-refractivity contribution is 0.270. The van der Waals surface area contributed by atoms with Crippen molar-refractivity contribution in [2.75, 3.05) is 0 Å². The maximum atomic E-state index is 4.33. The molecule has 1 atom stereocenters. The zero-order valence-electron chi connectivity index (χ0n) is 12.8. The van der Waals surface area contributed by atoms with Gasteiger partial charge in [-0.2, -0.15) is 5.10 Å². The fourth-order valence-electron chi connectivity index (χ4n) is 3.15. The Labute approximate surface area is 134 Å². The normalized spacial score (nSPS) is 22.9. The number of benzene rings is 1. The molecule has 0 amide bonds. The van der Waals surface area contributed by atoms with Crippen molar-refractivity contribution < 1.29 is 0 Å². The Morgan fingerprint density at radius 2 is 1.95 bits per heavy atom. The van der Waals surface area contributed by atoms with Crippen LogP contribution >= 0.6 is 15.9 Å². The molecule has 1 fully saturated rings. The number of aryl methyl sites for hydroxylation is 1. The van der Waals surface area contributed by atoms with Crippen LogP contribution in [0.1, 0.15) is 48.5 Å². The van der Waals surface area contributed by atoms with Crippen LogP contribution in [0.3, 0.4) is 0 Å². The molecule has 1 aliphatic rings. The smallest absolute Gasteiger partial charge is 0.0540 e. The summed E-state index contributed by atoms with van der Waals surface area (Å²) in [6.45, 7) is 4.36. The summed E-state index contributed by atoms with van der Waals surface area (Å²) in [5.41, 5.74) is 4.02. The van der Waals surface area contributed by atoms with Gasteiger partial charge < -0.3 is 5.32 Å². The molecule has 21 heavy (non-hydrogen) atoms. The highest BCUT2D eigenvalue weighted by molar-refractivity contribution is 9.10. The van der Waals surface area contributed by atoms with E-state index in [2.05, 4.69) is 64.5 Å². The fraction of sp³-hybridized carbons (Fsp3) is 0.471. The lowest BCUT2D eigenvalue weighted by Crippen LogP contribution is -2.41. The fourth-order valence-corrected chi connectivity index (χ4v) is 3.41. The molecule has 0 radical (unpaired) electrons. The standard InChI is InChI=1S/C17H22BrN3/c1-11(17-10-19-21(3)12(17)2)20-16-8-14(9-16)13-4-6-15(18)7-5-13/h4-7,10-11,14,16,20H,8-9H2,1-3H3. The lowest BCUT2D eigenvalue weighted by Gasteiger charge is -2.38. The molecule has 0 spiro atoms. The summed E-state index contributed by atoms with van der Waals surface area (Å²) in [7, 11) is 2.00. The maximum absolute atomic E-state index is 4.33. The molecule has 1 N–H and O–H groups in total. The second-order valence-corrected chi connectivity index (χ2v) is 7.03. The molecule has 1 aromatic heterocycles. The number of halogens is 1. The van der Waals surface area contributed by atoms with Gasteiger partial charge in [-0.3, -0.25) is 4.68 Å². The summed E-state index contributed by atoms with van der Waals surface area (Å²) in [5, 5.41) is 8.07. The van der Waals surface area contributed by atoms with Gasteiger partial charge in [0.1, 0.15) is 0 Å². The van der Waals surface area contributed by atoms with Gasteiger partial charge in [0.05, 0.1) is 6.20 Å². The van der Waals surface area contributed by atoms with Gasteiger partial charge in [-0.05, 0) is 50.3 Å². The van der Waals surface area contributed by atoms with Gasteiger partial charge >= 0.3 is 0 Å². The van der Waals surface area contributed by atoms with E-state index in [0.29, 0.717) is 18.0 Å². The third-order valence-corrected chi connectivity index (χ3v) is 5.23. The quantitative estimate of drug-likeness (QED) is 0.902. The number of aromatic nitrogens is 2. The summed E-state index contributed by atoms with van der Waals surface area (Å²) in [4.78, 5) is 0. The van der Waals surface area contributed by atoms with E-state index in [-0.39, 0.29) is 0 Å². The van der Waals surface area contributed by atoms with Crippen LogP contribution in [0.2, 0.25) is 0 Å². The van der Waals surface area contributed by atoms with E-state index in [1.54, 1.807) is 0 Å². The van der Waals surface area contributed by atoms with Crippen LogP contribution in [0.25, 0.3) is 0 Å². The monoisotopic (exact) mass is 347 g/mol. The van der Waals surface area contributed by atoms with Crippen LogP contribution in [0, 0.1) is 6.92 Å². The van der Waals surface area contributed by atoms with Gasteiger partial charge in [-0.25, -0.2) is 0 Å². The predicted molar refractivity (Wildman–Crippen MR) is 89.4 cm³/mol. The van der Waals surface area contributed by atoms with Crippen LogP contribution in [0.4, 0.5) is 0 Å². The molecule has 2 aromatic rings. The second kappa shape index (κ2) is 5.93. The summed E-state index contributed by atoms with van der Waals surface area (Å²) in [6.07, 6.45) is 4.44. The Kier molecular flexibility index (Phi) is 4.18. The van der Waals surface area contributed by atoms with Crippen molar-refractivity contribution in [2.24, 2.45) is 7.05 Å². The van der Waals surface area contributed by atoms with E-state index < -0.39 is 0 Å². The van der Waals surface area contributed by atoms with Gasteiger partial charge in [0.15, 0.2) is 0 Å². The zero-order chi connectivity index (χ0) is 15.0. The van der Waals surface area contributed by atoms with Gasteiger partial charge in [0.25, 0.3) is 0 Å².